The summed E-state index contributed by atoms with van der Waals surface area (Å²) in [4.78, 5) is 26.5. The number of carbonyl (C=O) groups is 2. The smallest absolute Gasteiger partial charge is 0.255 e. The summed E-state index contributed by atoms with van der Waals surface area (Å²) in [5.74, 6) is -0.276. The highest BCUT2D eigenvalue weighted by atomic mass is 31.2. The van der Waals surface area contributed by atoms with Crippen LogP contribution in [0.4, 0.5) is 10.1 Å². The van der Waals surface area contributed by atoms with Gasteiger partial charge in [0.1, 0.15) is 23.4 Å². The normalized spacial score (nSPS) is 10.9. The molecule has 0 aliphatic carbocycles. The lowest BCUT2D eigenvalue weighted by atomic mass is 9.97. The molecule has 2 N–H and O–H groups in total. The van der Waals surface area contributed by atoms with Crippen LogP contribution in [0.25, 0.3) is 33.4 Å². The van der Waals surface area contributed by atoms with Crippen molar-refractivity contribution in [2.75, 3.05) is 58.0 Å². The molecule has 1 amide bonds. The average molecular weight is 638 g/mol. The van der Waals surface area contributed by atoms with Gasteiger partial charge in [0.2, 0.25) is 0 Å². The summed E-state index contributed by atoms with van der Waals surface area (Å²) in [6, 6.07) is 17.1. The Labute approximate surface area is 267 Å². The Morgan fingerprint density at radius 1 is 0.956 bits per heavy atom. The molecular weight excluding hydrogens is 592 g/mol. The maximum absolute atomic E-state index is 13.5. The first-order valence-electron chi connectivity index (χ1n) is 15.4. The van der Waals surface area contributed by atoms with Gasteiger partial charge in [-0.15, -0.1) is 0 Å². The number of benzene rings is 3. The van der Waals surface area contributed by atoms with Gasteiger partial charge < -0.3 is 29.0 Å². The third-order valence-electron chi connectivity index (χ3n) is 7.12. The zero-order valence-electron chi connectivity index (χ0n) is 27.1. The van der Waals surface area contributed by atoms with E-state index < -0.39 is 8.38 Å². The van der Waals surface area contributed by atoms with E-state index in [2.05, 4.69) is 29.4 Å². The lowest BCUT2D eigenvalue weighted by Crippen LogP contribution is -2.22. The molecule has 4 aromatic rings. The molecular formula is C35H45FN3O5P. The minimum atomic E-state index is -0.612. The predicted molar refractivity (Wildman–Crippen MR) is 183 cm³/mol. The summed E-state index contributed by atoms with van der Waals surface area (Å²) in [7, 11) is 2.91. The Balaban J connectivity index is 0.000000392. The van der Waals surface area contributed by atoms with E-state index >= 15 is 0 Å². The number of amides is 1. The van der Waals surface area contributed by atoms with E-state index in [-0.39, 0.29) is 11.7 Å². The van der Waals surface area contributed by atoms with E-state index in [1.807, 2.05) is 51.2 Å². The number of anilines is 1. The van der Waals surface area contributed by atoms with Gasteiger partial charge in [0.15, 0.2) is 8.38 Å². The highest BCUT2D eigenvalue weighted by Gasteiger charge is 2.24. The number of hydrogen-bond donors (Lipinski definition) is 2. The van der Waals surface area contributed by atoms with Crippen molar-refractivity contribution < 1.29 is 27.4 Å². The standard InChI is InChI=1S/C27H25FN2O3.C8H20NO2P/c1-4-30(5-2)23-15-24-22(14-21(23)19-8-6-7-17(13-19)16-31)25(27(32)29-3)26(33-24)18-9-11-20(28)12-10-18;1-4-10-12(11-5-2)8-6-7-9-3/h6-16H,4-5H2,1-3H3,(H,29,32);9H,4-8H2,1-3H3. The highest BCUT2D eigenvalue weighted by Crippen LogP contribution is 2.41. The van der Waals surface area contributed by atoms with Gasteiger partial charge in [0.05, 0.1) is 18.8 Å². The van der Waals surface area contributed by atoms with Crippen LogP contribution in [0.2, 0.25) is 0 Å². The largest absolute Gasteiger partial charge is 0.455 e. The number of furan rings is 1. The van der Waals surface area contributed by atoms with Crippen molar-refractivity contribution in [3.8, 4) is 22.5 Å². The summed E-state index contributed by atoms with van der Waals surface area (Å²) in [5.41, 5.74) is 4.84. The molecule has 0 atom stereocenters. The molecule has 1 heterocycles. The van der Waals surface area contributed by atoms with Crippen molar-refractivity contribution in [3.63, 3.8) is 0 Å². The van der Waals surface area contributed by atoms with Gasteiger partial charge in [0.25, 0.3) is 5.91 Å². The molecule has 242 valence electrons. The average Bonchev–Trinajstić information content (AvgIpc) is 3.44. The van der Waals surface area contributed by atoms with Gasteiger partial charge in [-0.1, -0.05) is 18.2 Å². The quantitative estimate of drug-likeness (QED) is 0.0778. The molecule has 0 aliphatic heterocycles. The topological polar surface area (TPSA) is 93.0 Å². The lowest BCUT2D eigenvalue weighted by Gasteiger charge is -2.24. The first-order valence-corrected chi connectivity index (χ1v) is 16.8. The third kappa shape index (κ3) is 9.44. The van der Waals surface area contributed by atoms with Crippen molar-refractivity contribution in [3.05, 3.63) is 77.6 Å². The highest BCUT2D eigenvalue weighted by molar-refractivity contribution is 7.47. The van der Waals surface area contributed by atoms with Crippen molar-refractivity contribution >= 4 is 37.2 Å². The van der Waals surface area contributed by atoms with Crippen molar-refractivity contribution in [2.45, 2.75) is 34.1 Å². The number of fused-ring (bicyclic) bond motifs is 1. The van der Waals surface area contributed by atoms with E-state index in [0.717, 1.165) is 68.5 Å². The second-order valence-electron chi connectivity index (χ2n) is 10.0. The molecule has 0 aliphatic rings. The molecule has 4 rings (SSSR count). The third-order valence-corrected chi connectivity index (χ3v) is 8.89. The molecule has 0 saturated carbocycles. The maximum atomic E-state index is 13.5. The van der Waals surface area contributed by atoms with Crippen LogP contribution in [0.1, 0.15) is 54.8 Å². The van der Waals surface area contributed by atoms with Crippen LogP contribution in [0.15, 0.2) is 65.1 Å². The van der Waals surface area contributed by atoms with Crippen LogP contribution in [0.3, 0.4) is 0 Å². The van der Waals surface area contributed by atoms with E-state index in [9.17, 15) is 14.0 Å². The van der Waals surface area contributed by atoms with E-state index in [1.165, 1.54) is 12.1 Å². The SMILES string of the molecule is CCN(CC)c1cc2oc(-c3ccc(F)cc3)c(C(=O)NC)c2cc1-c1cccc(C=O)c1.CCOP(CCCNC)OCC. The van der Waals surface area contributed by atoms with Crippen LogP contribution in [0.5, 0.6) is 0 Å². The first kappa shape index (κ1) is 35.9. The van der Waals surface area contributed by atoms with Crippen LogP contribution in [-0.4, -0.2) is 65.3 Å². The second kappa shape index (κ2) is 18.4. The molecule has 0 radical (unpaired) electrons. The van der Waals surface area contributed by atoms with E-state index in [0.29, 0.717) is 33.4 Å². The molecule has 0 fully saturated rings. The minimum absolute atomic E-state index is 0.295. The molecule has 3 aromatic carbocycles. The summed E-state index contributed by atoms with van der Waals surface area (Å²) >= 11 is 0. The fourth-order valence-corrected chi connectivity index (χ4v) is 6.29. The Kier molecular flexibility index (Phi) is 14.6. The van der Waals surface area contributed by atoms with E-state index in [1.54, 1.807) is 25.2 Å². The molecule has 0 spiro atoms. The molecule has 8 nitrogen and oxygen atoms in total. The van der Waals surface area contributed by atoms with Gasteiger partial charge in [0, 0.05) is 60.1 Å². The van der Waals surface area contributed by atoms with Gasteiger partial charge in [-0.3, -0.25) is 9.59 Å². The molecule has 0 saturated heterocycles. The lowest BCUT2D eigenvalue weighted by molar-refractivity contribution is 0.0964. The minimum Gasteiger partial charge on any atom is -0.455 e. The second-order valence-corrected chi connectivity index (χ2v) is 11.7. The zero-order valence-corrected chi connectivity index (χ0v) is 28.0. The van der Waals surface area contributed by atoms with Crippen LogP contribution in [0, 0.1) is 5.82 Å². The Bertz CT molecular complexity index is 1520. The number of nitrogens with zero attached hydrogens (tertiary/aromatic N) is 1. The Hall–Kier alpha value is -3.62. The van der Waals surface area contributed by atoms with Crippen LogP contribution < -0.4 is 15.5 Å². The Morgan fingerprint density at radius 3 is 2.22 bits per heavy atom. The van der Waals surface area contributed by atoms with Gasteiger partial charge in [-0.05, 0) is 89.7 Å². The van der Waals surface area contributed by atoms with Gasteiger partial charge >= 0.3 is 0 Å². The summed E-state index contributed by atoms with van der Waals surface area (Å²) < 4.78 is 30.6. The van der Waals surface area contributed by atoms with Crippen LogP contribution >= 0.6 is 8.38 Å². The predicted octanol–water partition coefficient (Wildman–Crippen LogP) is 7.91. The molecule has 1 aromatic heterocycles. The molecule has 0 unspecified atom stereocenters. The number of halogens is 1. The fourth-order valence-electron chi connectivity index (χ4n) is 4.96. The number of rotatable bonds is 15. The number of carbonyl (C=O) groups excluding carboxylic acids is 2. The van der Waals surface area contributed by atoms with Crippen molar-refractivity contribution in [1.82, 2.24) is 10.6 Å². The number of hydrogen-bond acceptors (Lipinski definition) is 7. The van der Waals surface area contributed by atoms with Gasteiger partial charge in [-0.2, -0.15) is 0 Å². The molecule has 45 heavy (non-hydrogen) atoms. The molecule has 10 heteroatoms. The number of nitrogens with one attached hydrogen (secondary N) is 2. The van der Waals surface area contributed by atoms with Crippen molar-refractivity contribution in [2.24, 2.45) is 0 Å². The van der Waals surface area contributed by atoms with Crippen LogP contribution in [-0.2, 0) is 9.05 Å². The first-order chi connectivity index (χ1) is 21.8. The fraction of sp³-hybridized carbons (Fsp3) is 0.371. The van der Waals surface area contributed by atoms with Gasteiger partial charge in [-0.25, -0.2) is 4.39 Å². The zero-order chi connectivity index (χ0) is 32.8. The Morgan fingerprint density at radius 2 is 1.64 bits per heavy atom. The monoisotopic (exact) mass is 637 g/mol. The maximum Gasteiger partial charge on any atom is 0.255 e. The summed E-state index contributed by atoms with van der Waals surface area (Å²) in [6.07, 6.45) is 2.99. The summed E-state index contributed by atoms with van der Waals surface area (Å²) in [6.45, 7) is 12.3. The van der Waals surface area contributed by atoms with Crippen molar-refractivity contribution in [1.29, 1.82) is 0 Å². The van der Waals surface area contributed by atoms with E-state index in [4.69, 9.17) is 13.5 Å². The summed E-state index contributed by atoms with van der Waals surface area (Å²) in [5, 5.41) is 6.44. The molecule has 0 bridgehead atoms. The number of aldehydes is 1.